The molecule has 0 unspecified atom stereocenters. The summed E-state index contributed by atoms with van der Waals surface area (Å²) in [5.74, 6) is 0.614. The predicted molar refractivity (Wildman–Crippen MR) is 82.3 cm³/mol. The van der Waals surface area contributed by atoms with E-state index in [1.54, 1.807) is 12.4 Å². The van der Waals surface area contributed by atoms with Gasteiger partial charge in [-0.15, -0.1) is 5.10 Å². The lowest BCUT2D eigenvalue weighted by atomic mass is 10.3. The molecular weight excluding hydrogens is 372 g/mol. The minimum absolute atomic E-state index is 0.0799. The van der Waals surface area contributed by atoms with E-state index in [9.17, 15) is 10.1 Å². The van der Waals surface area contributed by atoms with Crippen molar-refractivity contribution in [2.75, 3.05) is 0 Å². The maximum Gasteiger partial charge on any atom is 0.288 e. The van der Waals surface area contributed by atoms with Crippen molar-refractivity contribution in [3.05, 3.63) is 51.4 Å². The molecule has 3 heterocycles. The van der Waals surface area contributed by atoms with Gasteiger partial charge < -0.3 is 0 Å². The molecule has 3 aromatic heterocycles. The minimum Gasteiger partial charge on any atom is -0.265 e. The zero-order valence-corrected chi connectivity index (χ0v) is 13.2. The van der Waals surface area contributed by atoms with Crippen LogP contribution >= 0.6 is 27.7 Å². The smallest absolute Gasteiger partial charge is 0.265 e. The lowest BCUT2D eigenvalue weighted by Crippen LogP contribution is -1.91. The van der Waals surface area contributed by atoms with E-state index in [0.717, 1.165) is 5.56 Å². The van der Waals surface area contributed by atoms with E-state index in [1.165, 1.54) is 24.0 Å². The number of aromatic nitrogens is 5. The van der Waals surface area contributed by atoms with Crippen LogP contribution in [0.2, 0.25) is 0 Å². The molecule has 110 valence electrons. The molecule has 0 spiro atoms. The van der Waals surface area contributed by atoms with Gasteiger partial charge in [-0.25, -0.2) is 9.97 Å². The van der Waals surface area contributed by atoms with Gasteiger partial charge in [0.05, 0.1) is 9.40 Å². The number of nitro groups is 1. The first-order chi connectivity index (χ1) is 10.6. The summed E-state index contributed by atoms with van der Waals surface area (Å²) in [6.45, 7) is 0. The molecule has 0 fully saturated rings. The zero-order chi connectivity index (χ0) is 15.5. The number of pyridine rings is 2. The Morgan fingerprint density at radius 3 is 2.77 bits per heavy atom. The molecule has 22 heavy (non-hydrogen) atoms. The van der Waals surface area contributed by atoms with Crippen LogP contribution < -0.4 is 0 Å². The summed E-state index contributed by atoms with van der Waals surface area (Å²) in [4.78, 5) is 22.5. The van der Waals surface area contributed by atoms with Gasteiger partial charge in [0.1, 0.15) is 11.2 Å². The first-order valence-electron chi connectivity index (χ1n) is 5.94. The number of nitrogens with one attached hydrogen (secondary N) is 1. The van der Waals surface area contributed by atoms with Crippen molar-refractivity contribution < 1.29 is 4.92 Å². The molecule has 0 saturated heterocycles. The van der Waals surface area contributed by atoms with E-state index in [-0.39, 0.29) is 5.69 Å². The minimum atomic E-state index is -0.499. The number of aromatic amines is 1. The van der Waals surface area contributed by atoms with Gasteiger partial charge in [0.25, 0.3) is 5.69 Å². The van der Waals surface area contributed by atoms with E-state index in [1.807, 2.05) is 12.1 Å². The Morgan fingerprint density at radius 1 is 1.32 bits per heavy atom. The SMILES string of the molecule is O=[N+]([O-])c1cnc(Sc2n[nH]c(-c3ccncc3)n2)c(Br)c1. The molecule has 0 atom stereocenters. The van der Waals surface area contributed by atoms with Gasteiger partial charge in [-0.1, -0.05) is 0 Å². The Balaban J connectivity index is 1.82. The van der Waals surface area contributed by atoms with Crippen LogP contribution in [0.4, 0.5) is 5.69 Å². The average Bonchev–Trinajstić information content (AvgIpc) is 2.98. The second kappa shape index (κ2) is 6.20. The summed E-state index contributed by atoms with van der Waals surface area (Å²) in [5, 5.41) is 18.6. The molecule has 0 aliphatic rings. The van der Waals surface area contributed by atoms with Crippen LogP contribution in [0, 0.1) is 10.1 Å². The van der Waals surface area contributed by atoms with Crippen molar-refractivity contribution in [2.24, 2.45) is 0 Å². The average molecular weight is 379 g/mol. The van der Waals surface area contributed by atoms with Crippen molar-refractivity contribution in [3.63, 3.8) is 0 Å². The van der Waals surface area contributed by atoms with Crippen LogP contribution in [-0.4, -0.2) is 30.1 Å². The van der Waals surface area contributed by atoms with Crippen LogP contribution in [0.25, 0.3) is 11.4 Å². The molecule has 0 aliphatic carbocycles. The van der Waals surface area contributed by atoms with E-state index >= 15 is 0 Å². The number of hydrogen-bond acceptors (Lipinski definition) is 7. The van der Waals surface area contributed by atoms with Gasteiger partial charge in [-0.2, -0.15) is 0 Å². The molecule has 0 saturated carbocycles. The third-order valence-corrected chi connectivity index (χ3v) is 4.36. The molecule has 0 bridgehead atoms. The van der Waals surface area contributed by atoms with Gasteiger partial charge in [0, 0.05) is 24.0 Å². The summed E-state index contributed by atoms with van der Waals surface area (Å²) in [5.41, 5.74) is 0.786. The van der Waals surface area contributed by atoms with Gasteiger partial charge in [0.2, 0.25) is 5.16 Å². The zero-order valence-electron chi connectivity index (χ0n) is 10.8. The Hall–Kier alpha value is -2.33. The summed E-state index contributed by atoms with van der Waals surface area (Å²) in [6.07, 6.45) is 4.53. The van der Waals surface area contributed by atoms with Crippen LogP contribution in [0.1, 0.15) is 0 Å². The fraction of sp³-hybridized carbons (Fsp3) is 0. The van der Waals surface area contributed by atoms with Crippen molar-refractivity contribution in [3.8, 4) is 11.4 Å². The highest BCUT2D eigenvalue weighted by Crippen LogP contribution is 2.32. The monoisotopic (exact) mass is 378 g/mol. The van der Waals surface area contributed by atoms with Gasteiger partial charge in [-0.3, -0.25) is 20.2 Å². The van der Waals surface area contributed by atoms with Crippen LogP contribution in [0.3, 0.4) is 0 Å². The molecule has 0 radical (unpaired) electrons. The lowest BCUT2D eigenvalue weighted by molar-refractivity contribution is -0.385. The summed E-state index contributed by atoms with van der Waals surface area (Å²) < 4.78 is 0.516. The maximum absolute atomic E-state index is 10.7. The molecule has 10 heteroatoms. The summed E-state index contributed by atoms with van der Waals surface area (Å²) in [7, 11) is 0. The molecule has 3 aromatic rings. The topological polar surface area (TPSA) is 110 Å². The lowest BCUT2D eigenvalue weighted by Gasteiger charge is -1.99. The predicted octanol–water partition coefficient (Wildman–Crippen LogP) is 3.08. The third kappa shape index (κ3) is 3.12. The highest BCUT2D eigenvalue weighted by Gasteiger charge is 2.14. The quantitative estimate of drug-likeness (QED) is 0.548. The van der Waals surface area contributed by atoms with Crippen LogP contribution in [-0.2, 0) is 0 Å². The molecule has 0 aromatic carbocycles. The number of nitrogens with zero attached hydrogens (tertiary/aromatic N) is 5. The largest absolute Gasteiger partial charge is 0.288 e. The van der Waals surface area contributed by atoms with Crippen LogP contribution in [0.15, 0.2) is 51.4 Å². The van der Waals surface area contributed by atoms with Crippen molar-refractivity contribution in [2.45, 2.75) is 10.2 Å². The molecular formula is C12H7BrN6O2S. The fourth-order valence-electron chi connectivity index (χ4n) is 1.61. The van der Waals surface area contributed by atoms with Crippen molar-refractivity contribution in [1.82, 2.24) is 25.1 Å². The summed E-state index contributed by atoms with van der Waals surface area (Å²) in [6, 6.07) is 5.02. The highest BCUT2D eigenvalue weighted by molar-refractivity contribution is 9.10. The fourth-order valence-corrected chi connectivity index (χ4v) is 2.85. The van der Waals surface area contributed by atoms with Crippen molar-refractivity contribution in [1.29, 1.82) is 0 Å². The maximum atomic E-state index is 10.7. The third-order valence-electron chi connectivity index (χ3n) is 2.61. The first kappa shape index (κ1) is 14.6. The number of hydrogen-bond donors (Lipinski definition) is 1. The van der Waals surface area contributed by atoms with Gasteiger partial charge >= 0.3 is 0 Å². The Morgan fingerprint density at radius 2 is 2.09 bits per heavy atom. The van der Waals surface area contributed by atoms with Gasteiger partial charge in [0.15, 0.2) is 5.82 Å². The molecule has 1 N–H and O–H groups in total. The van der Waals surface area contributed by atoms with E-state index in [2.05, 4.69) is 41.1 Å². The Kier molecular flexibility index (Phi) is 4.11. The second-order valence-electron chi connectivity index (χ2n) is 4.04. The van der Waals surface area contributed by atoms with E-state index in [0.29, 0.717) is 20.5 Å². The highest BCUT2D eigenvalue weighted by atomic mass is 79.9. The van der Waals surface area contributed by atoms with Crippen molar-refractivity contribution >= 4 is 33.4 Å². The van der Waals surface area contributed by atoms with E-state index < -0.39 is 4.92 Å². The molecule has 0 amide bonds. The number of rotatable bonds is 4. The first-order valence-corrected chi connectivity index (χ1v) is 7.55. The molecule has 8 nitrogen and oxygen atoms in total. The molecule has 0 aliphatic heterocycles. The van der Waals surface area contributed by atoms with Gasteiger partial charge in [-0.05, 0) is 39.8 Å². The summed E-state index contributed by atoms with van der Waals surface area (Å²) >= 11 is 4.46. The number of H-pyrrole nitrogens is 1. The normalized spacial score (nSPS) is 10.6. The Bertz CT molecular complexity index is 825. The van der Waals surface area contributed by atoms with Crippen LogP contribution in [0.5, 0.6) is 0 Å². The molecule has 3 rings (SSSR count). The standard InChI is InChI=1S/C12H7BrN6O2S/c13-9-5-8(19(20)21)6-15-11(9)22-12-16-10(17-18-12)7-1-3-14-4-2-7/h1-6H,(H,16,17,18). The van der Waals surface area contributed by atoms with E-state index in [4.69, 9.17) is 0 Å². The second-order valence-corrected chi connectivity index (χ2v) is 5.85. The number of halogens is 1. The Labute approximate surface area is 136 Å².